The van der Waals surface area contributed by atoms with E-state index in [4.69, 9.17) is 5.11 Å². The number of pyridine rings is 1. The third-order valence-electron chi connectivity index (χ3n) is 2.34. The third-order valence-corrected chi connectivity index (χ3v) is 3.31. The fourth-order valence-electron chi connectivity index (χ4n) is 1.47. The van der Waals surface area contributed by atoms with Gasteiger partial charge in [-0.15, -0.1) is 11.3 Å². The van der Waals surface area contributed by atoms with Gasteiger partial charge in [-0.3, -0.25) is 9.78 Å². The molecule has 0 aromatic carbocycles. The monoisotopic (exact) mass is 277 g/mol. The maximum Gasteiger partial charge on any atom is 0.355 e. The second kappa shape index (κ2) is 5.57. The number of nitrogens with one attached hydrogen (secondary N) is 1. The Labute approximate surface area is 113 Å². The van der Waals surface area contributed by atoms with E-state index in [1.807, 2.05) is 0 Å². The molecule has 2 aromatic rings. The Morgan fingerprint density at radius 3 is 2.79 bits per heavy atom. The summed E-state index contributed by atoms with van der Waals surface area (Å²) in [7, 11) is 0. The Morgan fingerprint density at radius 2 is 2.21 bits per heavy atom. The molecule has 0 unspecified atom stereocenters. The molecule has 0 aliphatic rings. The highest BCUT2D eigenvalue weighted by molar-refractivity contribution is 7.11. The van der Waals surface area contributed by atoms with Crippen molar-refractivity contribution in [2.24, 2.45) is 0 Å². The molecule has 0 atom stereocenters. The Bertz CT molecular complexity index is 610. The van der Waals surface area contributed by atoms with E-state index in [2.05, 4.69) is 15.3 Å². The van der Waals surface area contributed by atoms with Crippen molar-refractivity contribution in [2.45, 2.75) is 13.5 Å². The van der Waals surface area contributed by atoms with Crippen molar-refractivity contribution in [1.29, 1.82) is 0 Å². The second-order valence-electron chi connectivity index (χ2n) is 3.72. The van der Waals surface area contributed by atoms with Crippen LogP contribution in [0, 0.1) is 6.92 Å². The van der Waals surface area contributed by atoms with Gasteiger partial charge in [0.1, 0.15) is 10.7 Å². The van der Waals surface area contributed by atoms with Crippen LogP contribution in [0.3, 0.4) is 0 Å². The smallest absolute Gasteiger partial charge is 0.355 e. The molecule has 1 amide bonds. The Hall–Kier alpha value is -2.28. The van der Waals surface area contributed by atoms with E-state index in [1.54, 1.807) is 25.1 Å². The molecule has 2 N–H and O–H groups in total. The van der Waals surface area contributed by atoms with E-state index < -0.39 is 5.97 Å². The quantitative estimate of drug-likeness (QED) is 0.883. The van der Waals surface area contributed by atoms with Crippen molar-refractivity contribution in [1.82, 2.24) is 15.3 Å². The summed E-state index contributed by atoms with van der Waals surface area (Å²) in [6.45, 7) is 1.87. The molecule has 0 radical (unpaired) electrons. The number of hydrogen-bond acceptors (Lipinski definition) is 5. The summed E-state index contributed by atoms with van der Waals surface area (Å²) in [6.07, 6.45) is 1.53. The minimum Gasteiger partial charge on any atom is -0.476 e. The maximum absolute atomic E-state index is 11.7. The van der Waals surface area contributed by atoms with Gasteiger partial charge in [-0.2, -0.15) is 0 Å². The number of carbonyl (C=O) groups is 2. The van der Waals surface area contributed by atoms with E-state index in [9.17, 15) is 9.59 Å². The predicted molar refractivity (Wildman–Crippen MR) is 69.2 cm³/mol. The Morgan fingerprint density at radius 1 is 1.42 bits per heavy atom. The lowest BCUT2D eigenvalue weighted by Crippen LogP contribution is -2.23. The number of carbonyl (C=O) groups excluding carboxylic acids is 1. The molecular weight excluding hydrogens is 266 g/mol. The van der Waals surface area contributed by atoms with E-state index in [0.717, 1.165) is 0 Å². The highest BCUT2D eigenvalue weighted by Crippen LogP contribution is 2.17. The molecule has 0 saturated heterocycles. The minimum atomic E-state index is -1.06. The Kier molecular flexibility index (Phi) is 3.86. The molecule has 0 aliphatic heterocycles. The molecular formula is C12H11N3O3S. The van der Waals surface area contributed by atoms with Gasteiger partial charge in [0.05, 0.1) is 6.54 Å². The molecule has 2 heterocycles. The molecule has 0 bridgehead atoms. The average molecular weight is 277 g/mol. The Balaban J connectivity index is 2.01. The standard InChI is InChI=1S/C12H11N3O3S/c1-7-10(12(17)18)15-9(19-7)6-14-11(16)8-4-2-3-5-13-8/h2-5H,6H2,1H3,(H,14,16)(H,17,18). The lowest BCUT2D eigenvalue weighted by molar-refractivity contribution is 0.0690. The number of amides is 1. The lowest BCUT2D eigenvalue weighted by atomic mass is 10.3. The van der Waals surface area contributed by atoms with Crippen molar-refractivity contribution in [3.8, 4) is 0 Å². The first-order chi connectivity index (χ1) is 9.08. The first-order valence-electron chi connectivity index (χ1n) is 5.46. The number of aromatic nitrogens is 2. The molecule has 2 aromatic heterocycles. The lowest BCUT2D eigenvalue weighted by Gasteiger charge is -2.01. The summed E-state index contributed by atoms with van der Waals surface area (Å²) in [5.74, 6) is -1.37. The molecule has 0 fully saturated rings. The van der Waals surface area contributed by atoms with Gasteiger partial charge in [-0.05, 0) is 19.1 Å². The van der Waals surface area contributed by atoms with E-state index in [0.29, 0.717) is 15.6 Å². The highest BCUT2D eigenvalue weighted by Gasteiger charge is 2.14. The fourth-order valence-corrected chi connectivity index (χ4v) is 2.33. The van der Waals surface area contributed by atoms with Crippen LogP contribution < -0.4 is 5.32 Å². The van der Waals surface area contributed by atoms with Crippen molar-refractivity contribution >= 4 is 23.2 Å². The number of thiazole rings is 1. The van der Waals surface area contributed by atoms with Crippen LogP contribution in [-0.4, -0.2) is 27.0 Å². The number of nitrogens with zero attached hydrogens (tertiary/aromatic N) is 2. The molecule has 0 spiro atoms. The minimum absolute atomic E-state index is 0.0343. The van der Waals surface area contributed by atoms with Crippen molar-refractivity contribution in [3.63, 3.8) is 0 Å². The summed E-state index contributed by atoms with van der Waals surface area (Å²) < 4.78 is 0. The van der Waals surface area contributed by atoms with Gasteiger partial charge in [0.25, 0.3) is 5.91 Å². The van der Waals surface area contributed by atoms with E-state index in [1.165, 1.54) is 17.5 Å². The first-order valence-corrected chi connectivity index (χ1v) is 6.28. The van der Waals surface area contributed by atoms with Crippen LogP contribution in [0.4, 0.5) is 0 Å². The third kappa shape index (κ3) is 3.14. The van der Waals surface area contributed by atoms with Gasteiger partial charge in [0.15, 0.2) is 5.69 Å². The number of carboxylic acid groups (broad SMARTS) is 1. The van der Waals surface area contributed by atoms with Crippen molar-refractivity contribution in [3.05, 3.63) is 45.7 Å². The topological polar surface area (TPSA) is 92.2 Å². The van der Waals surface area contributed by atoms with Crippen LogP contribution in [-0.2, 0) is 6.54 Å². The normalized spacial score (nSPS) is 10.2. The van der Waals surface area contributed by atoms with Crippen LogP contribution in [0.25, 0.3) is 0 Å². The number of aromatic carboxylic acids is 1. The van der Waals surface area contributed by atoms with Crippen LogP contribution in [0.15, 0.2) is 24.4 Å². The molecule has 19 heavy (non-hydrogen) atoms. The van der Waals surface area contributed by atoms with Gasteiger partial charge in [-0.1, -0.05) is 6.07 Å². The van der Waals surface area contributed by atoms with Gasteiger partial charge in [0, 0.05) is 11.1 Å². The first kappa shape index (κ1) is 13.2. The van der Waals surface area contributed by atoms with Crippen molar-refractivity contribution in [2.75, 3.05) is 0 Å². The summed E-state index contributed by atoms with van der Waals surface area (Å²) in [6, 6.07) is 5.04. The summed E-state index contributed by atoms with van der Waals surface area (Å²) in [5, 5.41) is 12.1. The molecule has 2 rings (SSSR count). The maximum atomic E-state index is 11.7. The number of rotatable bonds is 4. The van der Waals surface area contributed by atoms with Gasteiger partial charge in [-0.25, -0.2) is 9.78 Å². The highest BCUT2D eigenvalue weighted by atomic mass is 32.1. The average Bonchev–Trinajstić information content (AvgIpc) is 2.78. The molecule has 7 heteroatoms. The fraction of sp³-hybridized carbons (Fsp3) is 0.167. The largest absolute Gasteiger partial charge is 0.476 e. The summed E-state index contributed by atoms with van der Waals surface area (Å²) in [4.78, 5) is 31.1. The van der Waals surface area contributed by atoms with E-state index in [-0.39, 0.29) is 18.1 Å². The number of hydrogen-bond donors (Lipinski definition) is 2. The SMILES string of the molecule is Cc1sc(CNC(=O)c2ccccn2)nc1C(=O)O. The van der Waals surface area contributed by atoms with Crippen molar-refractivity contribution < 1.29 is 14.7 Å². The van der Waals surface area contributed by atoms with Crippen LogP contribution in [0.2, 0.25) is 0 Å². The second-order valence-corrected chi connectivity index (χ2v) is 5.00. The number of carboxylic acids is 1. The number of aryl methyl sites for hydroxylation is 1. The summed E-state index contributed by atoms with van der Waals surface area (Å²) >= 11 is 1.25. The molecule has 6 nitrogen and oxygen atoms in total. The van der Waals surface area contributed by atoms with Crippen LogP contribution in [0.1, 0.15) is 30.9 Å². The predicted octanol–water partition coefficient (Wildman–Crippen LogP) is 1.47. The summed E-state index contributed by atoms with van der Waals surface area (Å²) in [5.41, 5.74) is 0.348. The van der Waals surface area contributed by atoms with E-state index >= 15 is 0 Å². The van der Waals surface area contributed by atoms with Crippen LogP contribution >= 0.6 is 11.3 Å². The molecule has 98 valence electrons. The van der Waals surface area contributed by atoms with Gasteiger partial charge >= 0.3 is 5.97 Å². The zero-order chi connectivity index (χ0) is 13.8. The molecule has 0 aliphatic carbocycles. The van der Waals surface area contributed by atoms with Crippen LogP contribution in [0.5, 0.6) is 0 Å². The molecule has 0 saturated carbocycles. The van der Waals surface area contributed by atoms with Gasteiger partial charge < -0.3 is 10.4 Å². The zero-order valence-electron chi connectivity index (χ0n) is 10.1. The van der Waals surface area contributed by atoms with Gasteiger partial charge in [0.2, 0.25) is 0 Å². The zero-order valence-corrected chi connectivity index (χ0v) is 10.9.